The van der Waals surface area contributed by atoms with E-state index in [1.165, 1.54) is 11.8 Å². The topological polar surface area (TPSA) is 120 Å². The van der Waals surface area contributed by atoms with Gasteiger partial charge in [0.15, 0.2) is 5.82 Å². The number of alkyl halides is 4. The fourth-order valence-corrected chi connectivity index (χ4v) is 6.03. The largest absolute Gasteiger partial charge is 0.479 e. The Kier molecular flexibility index (Phi) is 5.96. The van der Waals surface area contributed by atoms with Crippen molar-refractivity contribution in [1.29, 1.82) is 0 Å². The molecule has 1 N–H and O–H groups in total. The van der Waals surface area contributed by atoms with Crippen molar-refractivity contribution < 1.29 is 35.1 Å². The molecule has 0 bridgehead atoms. The van der Waals surface area contributed by atoms with Gasteiger partial charge in [0.05, 0.1) is 49.3 Å². The molecule has 1 saturated heterocycles. The highest BCUT2D eigenvalue weighted by Gasteiger charge is 2.48. The molecular weight excluding hydrogens is 563 g/mol. The van der Waals surface area contributed by atoms with Gasteiger partial charge in [0, 0.05) is 19.4 Å². The van der Waals surface area contributed by atoms with Gasteiger partial charge in [-0.2, -0.15) is 9.29 Å². The van der Waals surface area contributed by atoms with Crippen molar-refractivity contribution in [3.05, 3.63) is 30.2 Å². The number of piperidine rings is 1. The lowest BCUT2D eigenvalue weighted by Gasteiger charge is -2.37. The molecule has 17 heteroatoms. The maximum atomic E-state index is 15.4. The van der Waals surface area contributed by atoms with Crippen molar-refractivity contribution in [3.8, 4) is 17.0 Å². The summed E-state index contributed by atoms with van der Waals surface area (Å²) in [5.41, 5.74) is 1.39. The van der Waals surface area contributed by atoms with Crippen LogP contribution in [0.3, 0.4) is 0 Å². The predicted octanol–water partition coefficient (Wildman–Crippen LogP) is 3.34. The zero-order valence-electron chi connectivity index (χ0n) is 21.2. The average Bonchev–Trinajstić information content (AvgIpc) is 3.41. The number of hydrogen-bond acceptors (Lipinski definition) is 8. The Morgan fingerprint density at radius 2 is 1.93 bits per heavy atom. The first-order valence-electron chi connectivity index (χ1n) is 12.2. The molecule has 1 saturated carbocycles. The van der Waals surface area contributed by atoms with E-state index in [0.29, 0.717) is 20.9 Å². The molecule has 6 rings (SSSR count). The Morgan fingerprint density at radius 3 is 2.58 bits per heavy atom. The van der Waals surface area contributed by atoms with Gasteiger partial charge in [0.25, 0.3) is 11.8 Å². The van der Waals surface area contributed by atoms with Gasteiger partial charge in [-0.05, 0) is 24.1 Å². The third-order valence-electron chi connectivity index (χ3n) is 7.26. The van der Waals surface area contributed by atoms with Gasteiger partial charge in [-0.25, -0.2) is 39.6 Å². The molecule has 4 aromatic rings. The third-order valence-corrected chi connectivity index (χ3v) is 8.51. The number of benzene rings is 1. The molecule has 11 nitrogen and oxygen atoms in total. The summed E-state index contributed by atoms with van der Waals surface area (Å²) >= 11 is 0. The van der Waals surface area contributed by atoms with Crippen LogP contribution in [-0.2, 0) is 10.0 Å². The summed E-state index contributed by atoms with van der Waals surface area (Å²) in [5, 5.41) is 14.7. The second kappa shape index (κ2) is 8.95. The minimum Gasteiger partial charge on any atom is -0.479 e. The molecule has 4 heterocycles. The van der Waals surface area contributed by atoms with E-state index < -0.39 is 46.3 Å². The summed E-state index contributed by atoms with van der Waals surface area (Å²) in [6, 6.07) is 2.71. The van der Waals surface area contributed by atoms with E-state index >= 15 is 4.39 Å². The van der Waals surface area contributed by atoms with Crippen molar-refractivity contribution in [2.24, 2.45) is 0 Å². The van der Waals surface area contributed by atoms with E-state index in [2.05, 4.69) is 25.7 Å². The minimum atomic E-state index is -3.80. The molecule has 1 aliphatic carbocycles. The van der Waals surface area contributed by atoms with Crippen molar-refractivity contribution in [3.63, 3.8) is 0 Å². The van der Waals surface area contributed by atoms with Crippen molar-refractivity contribution in [2.45, 2.75) is 43.2 Å². The molecule has 2 aliphatic rings. The predicted molar refractivity (Wildman–Crippen MR) is 133 cm³/mol. The quantitative estimate of drug-likeness (QED) is 0.342. The average molecular weight is 587 g/mol. The van der Waals surface area contributed by atoms with E-state index in [9.17, 15) is 26.0 Å². The second-order valence-corrected chi connectivity index (χ2v) is 12.1. The number of halogens is 5. The van der Waals surface area contributed by atoms with Crippen molar-refractivity contribution >= 4 is 32.5 Å². The van der Waals surface area contributed by atoms with Gasteiger partial charge in [-0.15, -0.1) is 10.2 Å². The Hall–Kier alpha value is -3.60. The maximum Gasteiger partial charge on any atom is 0.281 e. The number of fused-ring (bicyclic) bond motifs is 2. The number of rotatable bonds is 6. The van der Waals surface area contributed by atoms with Crippen LogP contribution >= 0.6 is 0 Å². The van der Waals surface area contributed by atoms with Crippen LogP contribution in [0.4, 0.5) is 27.9 Å². The molecule has 1 aliphatic heterocycles. The number of methoxy groups -OCH3 is 1. The molecule has 2 fully saturated rings. The van der Waals surface area contributed by atoms with E-state index in [0.717, 1.165) is 17.0 Å². The van der Waals surface area contributed by atoms with Gasteiger partial charge in [0.2, 0.25) is 21.9 Å². The number of hydrogen-bond donors (Lipinski definition) is 1. The van der Waals surface area contributed by atoms with Crippen LogP contribution in [0.2, 0.25) is 0 Å². The lowest BCUT2D eigenvalue weighted by atomic mass is 9.88. The molecular formula is C23H23F5N8O3S. The highest BCUT2D eigenvalue weighted by molar-refractivity contribution is 7.88. The van der Waals surface area contributed by atoms with E-state index in [1.807, 2.05) is 0 Å². The highest BCUT2D eigenvalue weighted by atomic mass is 32.2. The summed E-state index contributed by atoms with van der Waals surface area (Å²) in [6.45, 7) is -1.13. The second-order valence-electron chi connectivity index (χ2n) is 10.1. The van der Waals surface area contributed by atoms with E-state index in [1.54, 1.807) is 18.2 Å². The summed E-state index contributed by atoms with van der Waals surface area (Å²) in [5.74, 6) is -7.30. The van der Waals surface area contributed by atoms with E-state index in [4.69, 9.17) is 4.74 Å². The number of anilines is 1. The zero-order chi connectivity index (χ0) is 28.6. The van der Waals surface area contributed by atoms with Crippen LogP contribution in [0.25, 0.3) is 27.7 Å². The fraction of sp³-hybridized carbons (Fsp3) is 0.478. The summed E-state index contributed by atoms with van der Waals surface area (Å²) in [7, 11) is -2.52. The number of nitrogens with one attached hydrogen (secondary N) is 1. The van der Waals surface area contributed by atoms with Crippen molar-refractivity contribution in [1.82, 2.24) is 33.9 Å². The molecule has 0 amide bonds. The van der Waals surface area contributed by atoms with Crippen LogP contribution < -0.4 is 10.1 Å². The summed E-state index contributed by atoms with van der Waals surface area (Å²) < 4.78 is 104. The number of sulfonamides is 1. The monoisotopic (exact) mass is 586 g/mol. The normalized spacial score (nSPS) is 21.5. The van der Waals surface area contributed by atoms with Crippen LogP contribution in [0.15, 0.2) is 24.4 Å². The summed E-state index contributed by atoms with van der Waals surface area (Å²) in [4.78, 5) is 4.17. The standard InChI is InChI=1S/C23H23F5N8O3S/c1-39-20-19-18(12-3-4-15-16(7-12)36(33-31-15)13-8-22(25,26)9-13)14(24)10-35(19)32-21(30-20)29-17-5-6-34(40(2,37)38)11-23(17,27)28/h3-4,7,10,13,17H,5-6,8-9,11H2,1-2H3,(H,29,32)/t17-/m1/s1. The Balaban J connectivity index is 1.35. The number of aromatic nitrogens is 6. The molecule has 40 heavy (non-hydrogen) atoms. The Labute approximate surface area is 224 Å². The first-order chi connectivity index (χ1) is 18.8. The highest BCUT2D eigenvalue weighted by Crippen LogP contribution is 2.46. The summed E-state index contributed by atoms with van der Waals surface area (Å²) in [6.07, 6.45) is 0.942. The smallest absolute Gasteiger partial charge is 0.281 e. The zero-order valence-corrected chi connectivity index (χ0v) is 22.0. The van der Waals surface area contributed by atoms with Gasteiger partial charge < -0.3 is 10.1 Å². The molecule has 1 atom stereocenters. The van der Waals surface area contributed by atoms with Crippen LogP contribution in [0.1, 0.15) is 25.3 Å². The van der Waals surface area contributed by atoms with E-state index in [-0.39, 0.29) is 48.7 Å². The Morgan fingerprint density at radius 1 is 1.18 bits per heavy atom. The lowest BCUT2D eigenvalue weighted by molar-refractivity contribution is -0.106. The Bertz CT molecular complexity index is 1730. The molecule has 1 aromatic carbocycles. The van der Waals surface area contributed by atoms with Gasteiger partial charge in [-0.3, -0.25) is 0 Å². The fourth-order valence-electron chi connectivity index (χ4n) is 5.19. The van der Waals surface area contributed by atoms with Crippen LogP contribution in [-0.4, -0.2) is 86.7 Å². The van der Waals surface area contributed by atoms with Crippen LogP contribution in [0.5, 0.6) is 5.88 Å². The number of ether oxygens (including phenoxy) is 1. The maximum absolute atomic E-state index is 15.4. The lowest BCUT2D eigenvalue weighted by Crippen LogP contribution is -2.55. The molecule has 0 unspecified atom stereocenters. The first kappa shape index (κ1) is 26.6. The number of nitrogens with zero attached hydrogens (tertiary/aromatic N) is 7. The van der Waals surface area contributed by atoms with Gasteiger partial charge in [0.1, 0.15) is 11.0 Å². The molecule has 0 spiro atoms. The van der Waals surface area contributed by atoms with Gasteiger partial charge in [-0.1, -0.05) is 11.3 Å². The van der Waals surface area contributed by atoms with Crippen LogP contribution in [0, 0.1) is 5.82 Å². The molecule has 214 valence electrons. The molecule has 0 radical (unpaired) electrons. The van der Waals surface area contributed by atoms with Gasteiger partial charge >= 0.3 is 0 Å². The van der Waals surface area contributed by atoms with Crippen molar-refractivity contribution in [2.75, 3.05) is 31.8 Å². The third kappa shape index (κ3) is 4.49. The first-order valence-corrected chi connectivity index (χ1v) is 14.1. The molecule has 3 aromatic heterocycles. The SMILES string of the molecule is COc1nc(N[C@@H]2CCN(S(C)(=O)=O)CC2(F)F)nn2cc(F)c(-c3ccc4nnn(C5CC(F)(F)C5)c4c3)c12. The minimum absolute atomic E-state index is 0.0452.